The largest absolute Gasteiger partial charge is 0.354 e. The molecule has 0 spiro atoms. The number of rotatable bonds is 4. The monoisotopic (exact) mass is 318 g/mol. The fourth-order valence-electron chi connectivity index (χ4n) is 2.62. The summed E-state index contributed by atoms with van der Waals surface area (Å²) in [7, 11) is 0. The highest BCUT2D eigenvalue weighted by atomic mass is 35.5. The Morgan fingerprint density at radius 1 is 1.27 bits per heavy atom. The molecule has 1 aromatic heterocycles. The van der Waals surface area contributed by atoms with E-state index < -0.39 is 0 Å². The van der Waals surface area contributed by atoms with E-state index in [1.54, 1.807) is 18.2 Å². The van der Waals surface area contributed by atoms with Gasteiger partial charge in [-0.05, 0) is 42.6 Å². The molecule has 0 aliphatic rings. The lowest BCUT2D eigenvalue weighted by molar-refractivity contribution is 0.458. The molecule has 1 unspecified atom stereocenters. The predicted octanol–water partition coefficient (Wildman–Crippen LogP) is 4.74. The standard InChI is InChI=1S/C17H16ClFN2O/c1-10(8-9-20)11-6-7-13-16(21-22-17(13)15(11)18)12-4-2-3-5-14(12)19/h2-7,10H,8-9,20H2,1H3. The highest BCUT2D eigenvalue weighted by Crippen LogP contribution is 2.37. The Labute approximate surface area is 132 Å². The summed E-state index contributed by atoms with van der Waals surface area (Å²) in [5, 5.41) is 5.24. The normalized spacial score (nSPS) is 12.7. The van der Waals surface area contributed by atoms with E-state index in [0.717, 1.165) is 12.0 Å². The first-order valence-electron chi connectivity index (χ1n) is 7.16. The van der Waals surface area contributed by atoms with E-state index >= 15 is 0 Å². The van der Waals surface area contributed by atoms with Crippen molar-refractivity contribution in [3.63, 3.8) is 0 Å². The summed E-state index contributed by atoms with van der Waals surface area (Å²) in [6.45, 7) is 2.65. The summed E-state index contributed by atoms with van der Waals surface area (Å²) in [4.78, 5) is 0. The molecule has 3 nitrogen and oxygen atoms in total. The van der Waals surface area contributed by atoms with Crippen LogP contribution in [-0.4, -0.2) is 11.7 Å². The molecule has 3 rings (SSSR count). The van der Waals surface area contributed by atoms with Crippen molar-refractivity contribution in [2.45, 2.75) is 19.3 Å². The highest BCUT2D eigenvalue weighted by molar-refractivity contribution is 6.36. The molecule has 0 radical (unpaired) electrons. The van der Waals surface area contributed by atoms with Crippen molar-refractivity contribution in [3.05, 3.63) is 52.8 Å². The number of nitrogens with zero attached hydrogens (tertiary/aromatic N) is 1. The molecule has 0 saturated carbocycles. The molecule has 3 aromatic rings. The van der Waals surface area contributed by atoms with Crippen molar-refractivity contribution >= 4 is 22.6 Å². The Kier molecular flexibility index (Phi) is 4.14. The van der Waals surface area contributed by atoms with Crippen LogP contribution >= 0.6 is 11.6 Å². The fourth-order valence-corrected chi connectivity index (χ4v) is 3.01. The summed E-state index contributed by atoms with van der Waals surface area (Å²) >= 11 is 6.44. The molecule has 114 valence electrons. The zero-order valence-corrected chi connectivity index (χ0v) is 12.9. The number of nitrogens with two attached hydrogens (primary N) is 1. The second kappa shape index (κ2) is 6.07. The van der Waals surface area contributed by atoms with Crippen LogP contribution in [0.5, 0.6) is 0 Å². The van der Waals surface area contributed by atoms with Crippen LogP contribution in [0.2, 0.25) is 5.02 Å². The molecule has 0 aliphatic heterocycles. The molecular weight excluding hydrogens is 303 g/mol. The number of hydrogen-bond acceptors (Lipinski definition) is 3. The molecular formula is C17H16ClFN2O. The van der Waals surface area contributed by atoms with E-state index in [-0.39, 0.29) is 11.7 Å². The molecule has 5 heteroatoms. The zero-order valence-electron chi connectivity index (χ0n) is 12.1. The average molecular weight is 319 g/mol. The van der Waals surface area contributed by atoms with Gasteiger partial charge in [0.2, 0.25) is 0 Å². The van der Waals surface area contributed by atoms with Gasteiger partial charge in [0, 0.05) is 5.56 Å². The van der Waals surface area contributed by atoms with Crippen molar-refractivity contribution in [1.82, 2.24) is 5.16 Å². The van der Waals surface area contributed by atoms with Crippen molar-refractivity contribution < 1.29 is 8.91 Å². The first kappa shape index (κ1) is 15.0. The number of benzene rings is 2. The van der Waals surface area contributed by atoms with Gasteiger partial charge in [-0.25, -0.2) is 4.39 Å². The van der Waals surface area contributed by atoms with Gasteiger partial charge < -0.3 is 10.3 Å². The number of fused-ring (bicyclic) bond motifs is 1. The molecule has 0 amide bonds. The fraction of sp³-hybridized carbons (Fsp3) is 0.235. The minimum absolute atomic E-state index is 0.226. The third kappa shape index (κ3) is 2.49. The van der Waals surface area contributed by atoms with Crippen LogP contribution in [0.4, 0.5) is 4.39 Å². The van der Waals surface area contributed by atoms with Gasteiger partial charge in [0.25, 0.3) is 0 Å². The maximum atomic E-state index is 14.0. The summed E-state index contributed by atoms with van der Waals surface area (Å²) in [6, 6.07) is 10.3. The second-order valence-electron chi connectivity index (χ2n) is 5.33. The molecule has 0 bridgehead atoms. The third-order valence-corrected chi connectivity index (χ3v) is 4.26. The topological polar surface area (TPSA) is 52.0 Å². The number of aromatic nitrogens is 1. The lowest BCUT2D eigenvalue weighted by Gasteiger charge is -2.12. The smallest absolute Gasteiger partial charge is 0.186 e. The Balaban J connectivity index is 2.14. The first-order valence-corrected chi connectivity index (χ1v) is 7.54. The van der Waals surface area contributed by atoms with Crippen molar-refractivity contribution in [3.8, 4) is 11.3 Å². The molecule has 2 aromatic carbocycles. The second-order valence-corrected chi connectivity index (χ2v) is 5.71. The summed E-state index contributed by atoms with van der Waals surface area (Å²) in [5.74, 6) is -0.113. The predicted molar refractivity (Wildman–Crippen MR) is 86.5 cm³/mol. The van der Waals surface area contributed by atoms with Crippen molar-refractivity contribution in [1.29, 1.82) is 0 Å². The van der Waals surface area contributed by atoms with E-state index in [2.05, 4.69) is 12.1 Å². The van der Waals surface area contributed by atoms with Gasteiger partial charge in [-0.15, -0.1) is 0 Å². The van der Waals surface area contributed by atoms with Gasteiger partial charge in [-0.3, -0.25) is 0 Å². The van der Waals surface area contributed by atoms with Crippen molar-refractivity contribution in [2.75, 3.05) is 6.54 Å². The van der Waals surface area contributed by atoms with E-state index in [9.17, 15) is 4.39 Å². The third-order valence-electron chi connectivity index (χ3n) is 3.87. The van der Waals surface area contributed by atoms with E-state index in [1.807, 2.05) is 12.1 Å². The summed E-state index contributed by atoms with van der Waals surface area (Å²) in [6.07, 6.45) is 0.833. The summed E-state index contributed by atoms with van der Waals surface area (Å²) in [5.41, 5.74) is 7.93. The quantitative estimate of drug-likeness (QED) is 0.756. The van der Waals surface area contributed by atoms with Crippen LogP contribution in [0.1, 0.15) is 24.8 Å². The minimum atomic E-state index is -0.339. The van der Waals surface area contributed by atoms with Crippen LogP contribution in [-0.2, 0) is 0 Å². The van der Waals surface area contributed by atoms with Gasteiger partial charge >= 0.3 is 0 Å². The maximum Gasteiger partial charge on any atom is 0.186 e. The summed E-state index contributed by atoms with van der Waals surface area (Å²) < 4.78 is 19.3. The van der Waals surface area contributed by atoms with Gasteiger partial charge in [0.05, 0.1) is 10.4 Å². The molecule has 22 heavy (non-hydrogen) atoms. The van der Waals surface area contributed by atoms with Gasteiger partial charge in [0.15, 0.2) is 5.58 Å². The maximum absolute atomic E-state index is 14.0. The van der Waals surface area contributed by atoms with E-state index in [0.29, 0.717) is 33.8 Å². The van der Waals surface area contributed by atoms with Gasteiger partial charge in [-0.1, -0.05) is 41.9 Å². The van der Waals surface area contributed by atoms with Crippen molar-refractivity contribution in [2.24, 2.45) is 5.73 Å². The highest BCUT2D eigenvalue weighted by Gasteiger charge is 2.19. The lowest BCUT2D eigenvalue weighted by atomic mass is 9.96. The Morgan fingerprint density at radius 3 is 2.77 bits per heavy atom. The molecule has 0 saturated heterocycles. The van der Waals surface area contributed by atoms with Gasteiger partial charge in [-0.2, -0.15) is 0 Å². The molecule has 0 aliphatic carbocycles. The molecule has 2 N–H and O–H groups in total. The average Bonchev–Trinajstić information content (AvgIpc) is 2.93. The van der Waals surface area contributed by atoms with Crippen LogP contribution in [0, 0.1) is 5.82 Å². The number of halogens is 2. The zero-order chi connectivity index (χ0) is 15.7. The molecule has 0 fully saturated rings. The van der Waals surface area contributed by atoms with E-state index in [4.69, 9.17) is 21.9 Å². The number of hydrogen-bond donors (Lipinski definition) is 1. The van der Waals surface area contributed by atoms with Gasteiger partial charge in [0.1, 0.15) is 11.5 Å². The van der Waals surface area contributed by atoms with Crippen LogP contribution in [0.15, 0.2) is 40.9 Å². The lowest BCUT2D eigenvalue weighted by Crippen LogP contribution is -2.04. The SMILES string of the molecule is CC(CCN)c1ccc2c(-c3ccccc3F)noc2c1Cl. The Bertz CT molecular complexity index is 816. The van der Waals surface area contributed by atoms with Crippen LogP contribution in [0.25, 0.3) is 22.2 Å². The van der Waals surface area contributed by atoms with Crippen LogP contribution < -0.4 is 5.73 Å². The molecule has 1 heterocycles. The minimum Gasteiger partial charge on any atom is -0.354 e. The molecule has 1 atom stereocenters. The first-order chi connectivity index (χ1) is 10.6. The Hall–Kier alpha value is -1.91. The van der Waals surface area contributed by atoms with Crippen LogP contribution in [0.3, 0.4) is 0 Å². The van der Waals surface area contributed by atoms with E-state index in [1.165, 1.54) is 6.07 Å². The Morgan fingerprint density at radius 2 is 2.05 bits per heavy atom.